The van der Waals surface area contributed by atoms with Crippen molar-refractivity contribution < 1.29 is 18.0 Å². The highest BCUT2D eigenvalue weighted by molar-refractivity contribution is 6.42. The number of hydrogen-bond acceptors (Lipinski definition) is 2. The van der Waals surface area contributed by atoms with E-state index in [-0.39, 0.29) is 51.1 Å². The van der Waals surface area contributed by atoms with Gasteiger partial charge >= 0.3 is 6.18 Å². The number of amides is 1. The number of nitrogens with two attached hydrogens (primary N) is 2. The molecule has 3 aromatic rings. The first-order chi connectivity index (χ1) is 13.0. The molecule has 0 saturated heterocycles. The molecule has 3 rings (SSSR count). The van der Waals surface area contributed by atoms with Gasteiger partial charge in [-0.25, -0.2) is 4.98 Å². The normalized spacial score (nSPS) is 10.9. The smallest absolute Gasteiger partial charge is 0.370 e. The van der Waals surface area contributed by atoms with Crippen molar-refractivity contribution >= 4 is 82.5 Å². The Morgan fingerprint density at radius 3 is 2.17 bits per heavy atom. The van der Waals surface area contributed by atoms with Gasteiger partial charge in [-0.1, -0.05) is 34.8 Å². The summed E-state index contributed by atoms with van der Waals surface area (Å²) in [6.07, 6.45) is -3.66. The molecule has 1 aromatic heterocycles. The zero-order valence-corrected chi connectivity index (χ0v) is 18.3. The van der Waals surface area contributed by atoms with Crippen LogP contribution in [0.25, 0.3) is 16.7 Å². The van der Waals surface area contributed by atoms with E-state index in [1.807, 2.05) is 0 Å². The molecular formula is C16H11Cl5F3N5O. The number of nitrogens with zero attached hydrogens (tertiary/aromatic N) is 3. The van der Waals surface area contributed by atoms with E-state index in [4.69, 9.17) is 46.3 Å². The SMILES string of the molecule is Cl.Cl.NC(N)=NC(=O)c1cc(C(F)(F)F)c(-n2cnc3cc(Cl)c(Cl)cc32)cc1Cl. The van der Waals surface area contributed by atoms with Crippen LogP contribution in [0.3, 0.4) is 0 Å². The van der Waals surface area contributed by atoms with Crippen LogP contribution in [0.4, 0.5) is 13.2 Å². The van der Waals surface area contributed by atoms with Gasteiger partial charge in [0, 0.05) is 0 Å². The van der Waals surface area contributed by atoms with Crippen molar-refractivity contribution in [1.82, 2.24) is 9.55 Å². The van der Waals surface area contributed by atoms with E-state index in [1.165, 1.54) is 12.1 Å². The van der Waals surface area contributed by atoms with Crippen LogP contribution in [0, 0.1) is 0 Å². The molecule has 0 bridgehead atoms. The quantitative estimate of drug-likeness (QED) is 0.354. The molecule has 1 heterocycles. The third kappa shape index (κ3) is 5.04. The zero-order chi connectivity index (χ0) is 20.8. The predicted octanol–water partition coefficient (Wildman–Crippen LogP) is 5.26. The molecule has 14 heteroatoms. The fraction of sp³-hybridized carbons (Fsp3) is 0.0625. The molecule has 0 aliphatic carbocycles. The summed E-state index contributed by atoms with van der Waals surface area (Å²) in [5.74, 6) is -1.71. The number of aromatic nitrogens is 2. The summed E-state index contributed by atoms with van der Waals surface area (Å²) in [5.41, 5.74) is 8.79. The van der Waals surface area contributed by atoms with Crippen LogP contribution in [-0.2, 0) is 6.18 Å². The third-order valence-electron chi connectivity index (χ3n) is 3.70. The van der Waals surface area contributed by atoms with Crippen LogP contribution in [0.5, 0.6) is 0 Å². The number of fused-ring (bicyclic) bond motifs is 1. The molecule has 0 radical (unpaired) electrons. The number of imidazole rings is 1. The molecule has 0 unspecified atom stereocenters. The fourth-order valence-corrected chi connectivity index (χ4v) is 3.08. The van der Waals surface area contributed by atoms with Crippen molar-refractivity contribution in [1.29, 1.82) is 0 Å². The van der Waals surface area contributed by atoms with E-state index < -0.39 is 29.2 Å². The molecule has 0 saturated carbocycles. The Hall–Kier alpha value is -1.91. The van der Waals surface area contributed by atoms with Gasteiger partial charge in [0.25, 0.3) is 5.91 Å². The maximum Gasteiger partial charge on any atom is 0.418 e. The lowest BCUT2D eigenvalue weighted by Crippen LogP contribution is -2.24. The van der Waals surface area contributed by atoms with Crippen LogP contribution >= 0.6 is 59.6 Å². The molecule has 30 heavy (non-hydrogen) atoms. The number of guanidine groups is 1. The summed E-state index contributed by atoms with van der Waals surface area (Å²) in [4.78, 5) is 19.3. The molecule has 0 fully saturated rings. The number of carbonyl (C=O) groups is 1. The molecule has 6 nitrogen and oxygen atoms in total. The first-order valence-corrected chi connectivity index (χ1v) is 8.49. The fourth-order valence-electron chi connectivity index (χ4n) is 2.53. The van der Waals surface area contributed by atoms with Crippen molar-refractivity contribution in [2.45, 2.75) is 6.18 Å². The van der Waals surface area contributed by atoms with E-state index in [2.05, 4.69) is 9.98 Å². The van der Waals surface area contributed by atoms with Crippen molar-refractivity contribution in [3.05, 3.63) is 56.8 Å². The lowest BCUT2D eigenvalue weighted by Gasteiger charge is -2.16. The lowest BCUT2D eigenvalue weighted by molar-refractivity contribution is -0.137. The maximum atomic E-state index is 13.7. The standard InChI is InChI=1S/C16H9Cl3F3N5O.2ClH/c17-8-3-12(27-5-25-11-2-9(18)10(19)4-13(11)27)7(16(20,21)22)1-6(8)14(28)26-15(23)24;;/h1-5H,(H4,23,24,26,28);2*1H. The molecule has 4 N–H and O–H groups in total. The number of aliphatic imine (C=N–C) groups is 1. The topological polar surface area (TPSA) is 99.3 Å². The second-order valence-corrected chi connectivity index (χ2v) is 6.78. The van der Waals surface area contributed by atoms with Crippen LogP contribution in [-0.4, -0.2) is 21.4 Å². The number of hydrogen-bond donors (Lipinski definition) is 2. The summed E-state index contributed by atoms with van der Waals surface area (Å²) in [5, 5.41) is 0.0571. The van der Waals surface area contributed by atoms with Crippen LogP contribution in [0.1, 0.15) is 15.9 Å². The van der Waals surface area contributed by atoms with E-state index in [0.717, 1.165) is 17.0 Å². The predicted molar refractivity (Wildman–Crippen MR) is 116 cm³/mol. The molecular weight excluding hydrogens is 512 g/mol. The highest BCUT2D eigenvalue weighted by atomic mass is 35.5. The molecule has 0 aliphatic rings. The summed E-state index contributed by atoms with van der Waals surface area (Å²) in [7, 11) is 0. The second-order valence-electron chi connectivity index (χ2n) is 5.56. The average Bonchev–Trinajstić information content (AvgIpc) is 2.95. The number of rotatable bonds is 2. The van der Waals surface area contributed by atoms with Gasteiger partial charge in [-0.05, 0) is 24.3 Å². The maximum absolute atomic E-state index is 13.7. The number of alkyl halides is 3. The largest absolute Gasteiger partial charge is 0.418 e. The van der Waals surface area contributed by atoms with Gasteiger partial charge in [0.1, 0.15) is 6.33 Å². The van der Waals surface area contributed by atoms with Crippen molar-refractivity contribution in [3.8, 4) is 5.69 Å². The van der Waals surface area contributed by atoms with E-state index in [0.29, 0.717) is 11.6 Å². The van der Waals surface area contributed by atoms with Gasteiger partial charge in [0.15, 0.2) is 5.96 Å². The molecule has 162 valence electrons. The van der Waals surface area contributed by atoms with Gasteiger partial charge in [-0.3, -0.25) is 9.36 Å². The monoisotopic (exact) mass is 521 g/mol. The summed E-state index contributed by atoms with van der Waals surface area (Å²) in [6, 6.07) is 4.35. The van der Waals surface area contributed by atoms with Crippen molar-refractivity contribution in [3.63, 3.8) is 0 Å². The van der Waals surface area contributed by atoms with Gasteiger partial charge in [0.2, 0.25) is 0 Å². The first kappa shape index (κ1) is 26.1. The molecule has 0 spiro atoms. The van der Waals surface area contributed by atoms with Gasteiger partial charge in [-0.15, -0.1) is 24.8 Å². The Bertz CT molecular complexity index is 1140. The minimum absolute atomic E-state index is 0. The highest BCUT2D eigenvalue weighted by Crippen LogP contribution is 2.39. The third-order valence-corrected chi connectivity index (χ3v) is 4.74. The summed E-state index contributed by atoms with van der Waals surface area (Å²) >= 11 is 17.9. The Morgan fingerprint density at radius 1 is 1.00 bits per heavy atom. The number of carbonyl (C=O) groups excluding carboxylic acids is 1. The minimum Gasteiger partial charge on any atom is -0.370 e. The first-order valence-electron chi connectivity index (χ1n) is 7.36. The van der Waals surface area contributed by atoms with Gasteiger partial charge in [0.05, 0.1) is 42.9 Å². The van der Waals surface area contributed by atoms with Crippen molar-refractivity contribution in [2.75, 3.05) is 0 Å². The van der Waals surface area contributed by atoms with E-state index in [1.54, 1.807) is 0 Å². The second kappa shape index (κ2) is 9.49. The Labute approximate surface area is 194 Å². The van der Waals surface area contributed by atoms with Crippen LogP contribution in [0.2, 0.25) is 15.1 Å². The van der Waals surface area contributed by atoms with Crippen LogP contribution in [0.15, 0.2) is 35.6 Å². The highest BCUT2D eigenvalue weighted by Gasteiger charge is 2.36. The Balaban J connectivity index is 0.00000225. The Morgan fingerprint density at radius 2 is 1.60 bits per heavy atom. The number of halogens is 8. The number of benzene rings is 2. The molecule has 2 aromatic carbocycles. The molecule has 1 amide bonds. The molecule has 0 atom stereocenters. The van der Waals surface area contributed by atoms with Gasteiger partial charge in [-0.2, -0.15) is 18.2 Å². The summed E-state index contributed by atoms with van der Waals surface area (Å²) in [6.45, 7) is 0. The van der Waals surface area contributed by atoms with Crippen molar-refractivity contribution in [2.24, 2.45) is 16.5 Å². The van der Waals surface area contributed by atoms with E-state index >= 15 is 0 Å². The average molecular weight is 524 g/mol. The molecule has 0 aliphatic heterocycles. The van der Waals surface area contributed by atoms with E-state index in [9.17, 15) is 18.0 Å². The Kier molecular flexibility index (Phi) is 8.26. The zero-order valence-electron chi connectivity index (χ0n) is 14.4. The van der Waals surface area contributed by atoms with Crippen LogP contribution < -0.4 is 11.5 Å². The summed E-state index contributed by atoms with van der Waals surface area (Å²) < 4.78 is 42.2. The lowest BCUT2D eigenvalue weighted by atomic mass is 10.1. The van der Waals surface area contributed by atoms with Gasteiger partial charge < -0.3 is 11.5 Å². The minimum atomic E-state index is -4.82.